The molecule has 34 heavy (non-hydrogen) atoms. The predicted octanol–water partition coefficient (Wildman–Crippen LogP) is 9.49. The summed E-state index contributed by atoms with van der Waals surface area (Å²) in [6, 6.07) is 16.3. The van der Waals surface area contributed by atoms with E-state index < -0.39 is 0 Å². The summed E-state index contributed by atoms with van der Waals surface area (Å²) >= 11 is 1.87. The fraction of sp³-hybridized carbons (Fsp3) is 0.533. The standard InChI is InChI=1S/C30H42N2OS/c1-3-4-5-6-7-8-9-10-11-12-13-14-17-24-34-30-27-18-15-16-19-28(27)31-29(32-30)25-20-22-26(33-2)23-21-25/h15-16,18-23H,3-14,17,24H2,1-2H3. The lowest BCUT2D eigenvalue weighted by Gasteiger charge is -2.09. The van der Waals surface area contributed by atoms with Crippen LogP contribution in [0.2, 0.25) is 0 Å². The normalized spacial score (nSPS) is 11.2. The molecule has 2 aromatic carbocycles. The highest BCUT2D eigenvalue weighted by atomic mass is 32.2. The van der Waals surface area contributed by atoms with E-state index in [0.29, 0.717) is 0 Å². The molecule has 0 atom stereocenters. The van der Waals surface area contributed by atoms with Crippen molar-refractivity contribution in [2.75, 3.05) is 12.9 Å². The molecule has 0 spiro atoms. The monoisotopic (exact) mass is 478 g/mol. The summed E-state index contributed by atoms with van der Waals surface area (Å²) in [5.41, 5.74) is 2.03. The number of benzene rings is 2. The Balaban J connectivity index is 1.38. The molecule has 3 rings (SSSR count). The molecule has 184 valence electrons. The molecule has 0 bridgehead atoms. The zero-order chi connectivity index (χ0) is 23.8. The van der Waals surface area contributed by atoms with Gasteiger partial charge >= 0.3 is 0 Å². The van der Waals surface area contributed by atoms with Gasteiger partial charge in [-0.25, -0.2) is 9.97 Å². The van der Waals surface area contributed by atoms with Gasteiger partial charge in [0.05, 0.1) is 12.6 Å². The Hall–Kier alpha value is -2.07. The van der Waals surface area contributed by atoms with Crippen LogP contribution in [0.15, 0.2) is 53.6 Å². The van der Waals surface area contributed by atoms with Crippen molar-refractivity contribution in [3.05, 3.63) is 48.5 Å². The molecule has 0 aliphatic rings. The van der Waals surface area contributed by atoms with Crippen molar-refractivity contribution < 1.29 is 4.74 Å². The van der Waals surface area contributed by atoms with Crippen LogP contribution in [0.3, 0.4) is 0 Å². The zero-order valence-corrected chi connectivity index (χ0v) is 22.0. The third-order valence-corrected chi connectivity index (χ3v) is 7.48. The molecule has 0 aliphatic carbocycles. The SMILES string of the molecule is CCCCCCCCCCCCCCCSc1nc(-c2ccc(OC)cc2)nc2ccccc12. The van der Waals surface area contributed by atoms with E-state index in [1.165, 1.54) is 83.5 Å². The van der Waals surface area contributed by atoms with Gasteiger partial charge < -0.3 is 4.74 Å². The highest BCUT2D eigenvalue weighted by Crippen LogP contribution is 2.29. The number of aromatic nitrogens is 2. The van der Waals surface area contributed by atoms with Gasteiger partial charge in [-0.3, -0.25) is 0 Å². The van der Waals surface area contributed by atoms with E-state index in [1.807, 2.05) is 42.1 Å². The van der Waals surface area contributed by atoms with Crippen molar-refractivity contribution in [2.24, 2.45) is 0 Å². The van der Waals surface area contributed by atoms with Gasteiger partial charge in [0.2, 0.25) is 0 Å². The molecule has 1 heterocycles. The van der Waals surface area contributed by atoms with Gasteiger partial charge in [0.25, 0.3) is 0 Å². The molecule has 1 aromatic heterocycles. The molecule has 0 aliphatic heterocycles. The maximum atomic E-state index is 5.29. The number of para-hydroxylation sites is 1. The highest BCUT2D eigenvalue weighted by Gasteiger charge is 2.10. The fourth-order valence-electron chi connectivity index (χ4n) is 4.32. The third-order valence-electron chi connectivity index (χ3n) is 6.40. The second-order valence-corrected chi connectivity index (χ2v) is 10.3. The highest BCUT2D eigenvalue weighted by molar-refractivity contribution is 7.99. The van der Waals surface area contributed by atoms with E-state index >= 15 is 0 Å². The maximum absolute atomic E-state index is 5.29. The quantitative estimate of drug-likeness (QED) is 0.110. The number of thioether (sulfide) groups is 1. The van der Waals surface area contributed by atoms with Crippen LogP contribution in [0.1, 0.15) is 90.4 Å². The molecule has 3 aromatic rings. The molecule has 0 unspecified atom stereocenters. The van der Waals surface area contributed by atoms with Crippen LogP contribution in [-0.4, -0.2) is 22.8 Å². The first-order valence-corrected chi connectivity index (χ1v) is 14.3. The maximum Gasteiger partial charge on any atom is 0.161 e. The van der Waals surface area contributed by atoms with E-state index in [-0.39, 0.29) is 0 Å². The molecule has 0 radical (unpaired) electrons. The Morgan fingerprint density at radius 1 is 0.676 bits per heavy atom. The minimum Gasteiger partial charge on any atom is -0.497 e. The lowest BCUT2D eigenvalue weighted by atomic mass is 10.1. The summed E-state index contributed by atoms with van der Waals surface area (Å²) in [4.78, 5) is 9.75. The van der Waals surface area contributed by atoms with Gasteiger partial charge in [0.15, 0.2) is 5.82 Å². The van der Waals surface area contributed by atoms with Crippen molar-refractivity contribution in [1.82, 2.24) is 9.97 Å². The zero-order valence-electron chi connectivity index (χ0n) is 21.2. The summed E-state index contributed by atoms with van der Waals surface area (Å²) in [6.07, 6.45) is 18.1. The van der Waals surface area contributed by atoms with Crippen molar-refractivity contribution in [3.8, 4) is 17.1 Å². The predicted molar refractivity (Wildman–Crippen MR) is 148 cm³/mol. The van der Waals surface area contributed by atoms with E-state index in [9.17, 15) is 0 Å². The molecule has 0 saturated carbocycles. The number of unbranched alkanes of at least 4 members (excludes halogenated alkanes) is 12. The van der Waals surface area contributed by atoms with Gasteiger partial charge in [-0.05, 0) is 42.5 Å². The molecule has 0 saturated heterocycles. The van der Waals surface area contributed by atoms with Crippen molar-refractivity contribution in [3.63, 3.8) is 0 Å². The molecule has 4 heteroatoms. The van der Waals surface area contributed by atoms with Crippen LogP contribution in [0.4, 0.5) is 0 Å². The number of nitrogens with zero attached hydrogens (tertiary/aromatic N) is 2. The number of fused-ring (bicyclic) bond motifs is 1. The van der Waals surface area contributed by atoms with Crippen LogP contribution in [0.25, 0.3) is 22.3 Å². The van der Waals surface area contributed by atoms with E-state index in [0.717, 1.165) is 38.8 Å². The first-order chi connectivity index (χ1) is 16.8. The summed E-state index contributed by atoms with van der Waals surface area (Å²) in [5, 5.41) is 2.25. The van der Waals surface area contributed by atoms with Gasteiger partial charge in [-0.2, -0.15) is 0 Å². The van der Waals surface area contributed by atoms with Crippen LogP contribution < -0.4 is 4.74 Å². The Morgan fingerprint density at radius 3 is 1.88 bits per heavy atom. The smallest absolute Gasteiger partial charge is 0.161 e. The second kappa shape index (κ2) is 15.8. The van der Waals surface area contributed by atoms with E-state index in [1.54, 1.807) is 7.11 Å². The number of hydrogen-bond donors (Lipinski definition) is 0. The Morgan fingerprint density at radius 2 is 1.26 bits per heavy atom. The van der Waals surface area contributed by atoms with Crippen molar-refractivity contribution in [2.45, 2.75) is 95.4 Å². The lowest BCUT2D eigenvalue weighted by molar-refractivity contribution is 0.415. The number of rotatable bonds is 17. The Bertz CT molecular complexity index is 958. The van der Waals surface area contributed by atoms with Gasteiger partial charge in [-0.15, -0.1) is 11.8 Å². The molecule has 0 fully saturated rings. The van der Waals surface area contributed by atoms with Crippen molar-refractivity contribution >= 4 is 22.7 Å². The van der Waals surface area contributed by atoms with E-state index in [2.05, 4.69) is 25.1 Å². The largest absolute Gasteiger partial charge is 0.497 e. The minimum absolute atomic E-state index is 0.786. The van der Waals surface area contributed by atoms with Crippen molar-refractivity contribution in [1.29, 1.82) is 0 Å². The summed E-state index contributed by atoms with van der Waals surface area (Å²) < 4.78 is 5.29. The minimum atomic E-state index is 0.786. The summed E-state index contributed by atoms with van der Waals surface area (Å²) in [7, 11) is 1.69. The average molecular weight is 479 g/mol. The average Bonchev–Trinajstić information content (AvgIpc) is 2.88. The topological polar surface area (TPSA) is 35.0 Å². The molecular formula is C30H42N2OS. The lowest BCUT2D eigenvalue weighted by Crippen LogP contribution is -1.95. The summed E-state index contributed by atoms with van der Waals surface area (Å²) in [6.45, 7) is 2.29. The molecular weight excluding hydrogens is 436 g/mol. The number of hydrogen-bond acceptors (Lipinski definition) is 4. The number of ether oxygens (including phenoxy) is 1. The van der Waals surface area contributed by atoms with Gasteiger partial charge in [0, 0.05) is 10.9 Å². The van der Waals surface area contributed by atoms with Crippen LogP contribution in [0, 0.1) is 0 Å². The first-order valence-electron chi connectivity index (χ1n) is 13.4. The third kappa shape index (κ3) is 8.94. The molecule has 0 N–H and O–H groups in total. The summed E-state index contributed by atoms with van der Waals surface area (Å²) in [5.74, 6) is 2.75. The van der Waals surface area contributed by atoms with E-state index in [4.69, 9.17) is 14.7 Å². The Kier molecular flexibility index (Phi) is 12.3. The fourth-order valence-corrected chi connectivity index (χ4v) is 5.34. The van der Waals surface area contributed by atoms with Crippen LogP contribution in [-0.2, 0) is 0 Å². The van der Waals surface area contributed by atoms with Crippen LogP contribution >= 0.6 is 11.8 Å². The number of methoxy groups -OCH3 is 1. The van der Waals surface area contributed by atoms with Crippen LogP contribution in [0.5, 0.6) is 5.75 Å². The molecule has 3 nitrogen and oxygen atoms in total. The van der Waals surface area contributed by atoms with Gasteiger partial charge in [0.1, 0.15) is 10.8 Å². The first kappa shape index (κ1) is 26.5. The molecule has 0 amide bonds. The van der Waals surface area contributed by atoms with Gasteiger partial charge in [-0.1, -0.05) is 102 Å². The second-order valence-electron chi connectivity index (χ2n) is 9.19. The Labute approximate surface area is 211 Å².